The van der Waals surface area contributed by atoms with Crippen molar-refractivity contribution in [1.29, 1.82) is 0 Å². The monoisotopic (exact) mass is 474 g/mol. The first kappa shape index (κ1) is 30.8. The minimum atomic E-state index is -1.03. The summed E-state index contributed by atoms with van der Waals surface area (Å²) in [6, 6.07) is 0. The van der Waals surface area contributed by atoms with Gasteiger partial charge in [0.1, 0.15) is 0 Å². The maximum Gasteiger partial charge on any atom is 0.335 e. The van der Waals surface area contributed by atoms with Gasteiger partial charge in [-0.05, 0) is 51.4 Å². The minimum absolute atomic E-state index is 0.134. The summed E-state index contributed by atoms with van der Waals surface area (Å²) < 4.78 is 26.4. The first-order valence-corrected chi connectivity index (χ1v) is 12.2. The van der Waals surface area contributed by atoms with Gasteiger partial charge in [-0.25, -0.2) is 9.59 Å². The highest BCUT2D eigenvalue weighted by Crippen LogP contribution is 2.16. The predicted molar refractivity (Wildman–Crippen MR) is 121 cm³/mol. The van der Waals surface area contributed by atoms with Crippen molar-refractivity contribution >= 4 is 23.9 Å². The minimum Gasteiger partial charge on any atom is -0.466 e. The van der Waals surface area contributed by atoms with E-state index in [2.05, 4.69) is 0 Å². The maximum atomic E-state index is 12.5. The molecule has 33 heavy (non-hydrogen) atoms. The van der Waals surface area contributed by atoms with E-state index in [1.807, 2.05) is 27.7 Å². The Balaban J connectivity index is 5.06. The Morgan fingerprint density at radius 3 is 1.21 bits per heavy atom. The molecule has 0 aromatic rings. The van der Waals surface area contributed by atoms with Crippen LogP contribution < -0.4 is 0 Å². The SMILES string of the molecule is CCCOC(=O)CCCC(OC(CCCC(=O)OCCC)C(=O)OCCC)C(=O)OCCC. The van der Waals surface area contributed by atoms with Crippen LogP contribution in [-0.2, 0) is 42.9 Å². The highest BCUT2D eigenvalue weighted by Gasteiger charge is 2.30. The Kier molecular flexibility index (Phi) is 19.1. The number of ether oxygens (including phenoxy) is 5. The maximum absolute atomic E-state index is 12.5. The zero-order chi connectivity index (χ0) is 24.9. The summed E-state index contributed by atoms with van der Waals surface area (Å²) in [5.41, 5.74) is 0. The van der Waals surface area contributed by atoms with Gasteiger partial charge in [0.25, 0.3) is 0 Å². The Hall–Kier alpha value is -2.16. The third kappa shape index (κ3) is 16.2. The number of esters is 4. The lowest BCUT2D eigenvalue weighted by atomic mass is 10.1. The Bertz CT molecular complexity index is 514. The van der Waals surface area contributed by atoms with Gasteiger partial charge in [0, 0.05) is 12.8 Å². The van der Waals surface area contributed by atoms with E-state index in [-0.39, 0.29) is 50.8 Å². The smallest absolute Gasteiger partial charge is 0.335 e. The van der Waals surface area contributed by atoms with Crippen LogP contribution in [0.15, 0.2) is 0 Å². The Labute approximate surface area is 197 Å². The molecule has 0 radical (unpaired) electrons. The van der Waals surface area contributed by atoms with Gasteiger partial charge in [0.05, 0.1) is 26.4 Å². The summed E-state index contributed by atoms with van der Waals surface area (Å²) in [5.74, 6) is -1.87. The molecule has 192 valence electrons. The van der Waals surface area contributed by atoms with Gasteiger partial charge in [-0.1, -0.05) is 27.7 Å². The van der Waals surface area contributed by atoms with Crippen LogP contribution in [-0.4, -0.2) is 62.5 Å². The van der Waals surface area contributed by atoms with Crippen molar-refractivity contribution in [2.24, 2.45) is 0 Å². The van der Waals surface area contributed by atoms with E-state index < -0.39 is 24.1 Å². The zero-order valence-electron chi connectivity index (χ0n) is 20.7. The highest BCUT2D eigenvalue weighted by atomic mass is 16.6. The number of hydrogen-bond donors (Lipinski definition) is 0. The van der Waals surface area contributed by atoms with Gasteiger partial charge in [-0.2, -0.15) is 0 Å². The molecule has 0 saturated carbocycles. The standard InChI is InChI=1S/C24H42O9/c1-5-15-29-21(25)13-9-11-19(23(27)31-17-7-3)33-20(24(28)32-18-8-4)12-10-14-22(26)30-16-6-2/h19-20H,5-18H2,1-4H3. The van der Waals surface area contributed by atoms with E-state index in [0.29, 0.717) is 38.9 Å². The van der Waals surface area contributed by atoms with E-state index in [9.17, 15) is 19.2 Å². The van der Waals surface area contributed by atoms with E-state index in [1.54, 1.807) is 0 Å². The van der Waals surface area contributed by atoms with Crippen molar-refractivity contribution in [3.63, 3.8) is 0 Å². The van der Waals surface area contributed by atoms with Crippen LogP contribution in [0.5, 0.6) is 0 Å². The van der Waals surface area contributed by atoms with Crippen molar-refractivity contribution in [1.82, 2.24) is 0 Å². The third-order valence-corrected chi connectivity index (χ3v) is 4.38. The molecule has 0 fully saturated rings. The molecule has 0 spiro atoms. The summed E-state index contributed by atoms with van der Waals surface area (Å²) in [6.07, 6.45) is 2.03. The van der Waals surface area contributed by atoms with E-state index in [1.165, 1.54) is 0 Å². The number of hydrogen-bond acceptors (Lipinski definition) is 9. The van der Waals surface area contributed by atoms with Crippen LogP contribution in [0.4, 0.5) is 0 Å². The molecule has 0 bridgehead atoms. The summed E-state index contributed by atoms with van der Waals surface area (Å²) in [5, 5.41) is 0. The van der Waals surface area contributed by atoms with Crippen LogP contribution in [0.2, 0.25) is 0 Å². The average molecular weight is 475 g/mol. The zero-order valence-corrected chi connectivity index (χ0v) is 20.7. The van der Waals surface area contributed by atoms with Gasteiger partial charge in [-0.3, -0.25) is 9.59 Å². The molecule has 0 saturated heterocycles. The van der Waals surface area contributed by atoms with Gasteiger partial charge >= 0.3 is 23.9 Å². The number of carbonyl (C=O) groups excluding carboxylic acids is 4. The first-order chi connectivity index (χ1) is 15.9. The normalized spacial score (nSPS) is 12.5. The van der Waals surface area contributed by atoms with Gasteiger partial charge in [-0.15, -0.1) is 0 Å². The van der Waals surface area contributed by atoms with Crippen LogP contribution in [0, 0.1) is 0 Å². The molecule has 0 rings (SSSR count). The molecule has 0 aliphatic carbocycles. The second-order valence-corrected chi connectivity index (χ2v) is 7.67. The fraction of sp³-hybridized carbons (Fsp3) is 0.833. The molecule has 0 amide bonds. The molecule has 0 aromatic carbocycles. The van der Waals surface area contributed by atoms with Crippen LogP contribution in [0.1, 0.15) is 91.9 Å². The summed E-state index contributed by atoms with van der Waals surface area (Å²) in [4.78, 5) is 48.6. The Morgan fingerprint density at radius 1 is 0.545 bits per heavy atom. The van der Waals surface area contributed by atoms with Crippen molar-refractivity contribution in [2.45, 2.75) is 104 Å². The topological polar surface area (TPSA) is 114 Å². The quantitative estimate of drug-likeness (QED) is 0.191. The molecular weight excluding hydrogens is 432 g/mol. The van der Waals surface area contributed by atoms with Crippen LogP contribution in [0.25, 0.3) is 0 Å². The predicted octanol–water partition coefficient (Wildman–Crippen LogP) is 3.89. The van der Waals surface area contributed by atoms with Crippen molar-refractivity contribution < 1.29 is 42.9 Å². The van der Waals surface area contributed by atoms with Crippen LogP contribution >= 0.6 is 0 Å². The number of carbonyl (C=O) groups is 4. The van der Waals surface area contributed by atoms with E-state index >= 15 is 0 Å². The van der Waals surface area contributed by atoms with Crippen LogP contribution in [0.3, 0.4) is 0 Å². The molecule has 0 aliphatic heterocycles. The molecule has 0 aliphatic rings. The molecule has 0 aromatic heterocycles. The second-order valence-electron chi connectivity index (χ2n) is 7.67. The fourth-order valence-corrected chi connectivity index (χ4v) is 2.71. The van der Waals surface area contributed by atoms with Crippen molar-refractivity contribution in [3.8, 4) is 0 Å². The second kappa shape index (κ2) is 20.4. The largest absolute Gasteiger partial charge is 0.466 e. The van der Waals surface area contributed by atoms with Crippen molar-refractivity contribution in [2.75, 3.05) is 26.4 Å². The van der Waals surface area contributed by atoms with Crippen molar-refractivity contribution in [3.05, 3.63) is 0 Å². The molecule has 0 heterocycles. The highest BCUT2D eigenvalue weighted by molar-refractivity contribution is 5.78. The van der Waals surface area contributed by atoms with E-state index in [4.69, 9.17) is 23.7 Å². The molecule has 0 N–H and O–H groups in total. The summed E-state index contributed by atoms with van der Waals surface area (Å²) in [7, 11) is 0. The molecule has 9 nitrogen and oxygen atoms in total. The third-order valence-electron chi connectivity index (χ3n) is 4.38. The fourth-order valence-electron chi connectivity index (χ4n) is 2.71. The van der Waals surface area contributed by atoms with Gasteiger partial charge in [0.15, 0.2) is 12.2 Å². The summed E-state index contributed by atoms with van der Waals surface area (Å²) in [6.45, 7) is 8.71. The average Bonchev–Trinajstić information content (AvgIpc) is 2.81. The molecule has 9 heteroatoms. The Morgan fingerprint density at radius 2 is 0.879 bits per heavy atom. The lowest BCUT2D eigenvalue weighted by molar-refractivity contribution is -0.174. The lowest BCUT2D eigenvalue weighted by Crippen LogP contribution is -2.36. The van der Waals surface area contributed by atoms with Gasteiger partial charge in [0.2, 0.25) is 0 Å². The number of rotatable bonds is 20. The van der Waals surface area contributed by atoms with E-state index in [0.717, 1.165) is 12.8 Å². The molecule has 2 unspecified atom stereocenters. The lowest BCUT2D eigenvalue weighted by Gasteiger charge is -2.23. The molecule has 2 atom stereocenters. The summed E-state index contributed by atoms with van der Waals surface area (Å²) >= 11 is 0. The molecular formula is C24H42O9. The van der Waals surface area contributed by atoms with Gasteiger partial charge < -0.3 is 23.7 Å². The first-order valence-electron chi connectivity index (χ1n) is 12.2.